The molecule has 12 rings (SSSR count). The van der Waals surface area contributed by atoms with Gasteiger partial charge in [0.1, 0.15) is 23.2 Å². The molecule has 0 aliphatic carbocycles. The van der Waals surface area contributed by atoms with Crippen LogP contribution in [0.25, 0.3) is 11.0 Å². The summed E-state index contributed by atoms with van der Waals surface area (Å²) < 4.78 is 25.7. The number of carbonyl (C=O) groups is 9. The molecular formula is C68H79ClCs2N18O16. The molecule has 34 nitrogen and oxygen atoms in total. The Morgan fingerprint density at radius 2 is 1.00 bits per heavy atom. The summed E-state index contributed by atoms with van der Waals surface area (Å²) >= 11 is 4.99. The van der Waals surface area contributed by atoms with Gasteiger partial charge in [-0.1, -0.05) is 12.1 Å². The minimum absolute atomic E-state index is 0. The molecule has 0 unspecified atom stereocenters. The van der Waals surface area contributed by atoms with Crippen LogP contribution in [0.2, 0.25) is 0 Å². The monoisotopic (exact) mass is 1700 g/mol. The summed E-state index contributed by atoms with van der Waals surface area (Å²) in [5.74, 6) is -0.0841. The van der Waals surface area contributed by atoms with Gasteiger partial charge >= 0.3 is 168 Å². The van der Waals surface area contributed by atoms with Gasteiger partial charge in [0.05, 0.1) is 140 Å². The first kappa shape index (κ1) is 90.9. The zero-order chi connectivity index (χ0) is 74.9. The number of carboxylic acid groups (broad SMARTS) is 1. The van der Waals surface area contributed by atoms with E-state index in [0.29, 0.717) is 85.8 Å². The molecule has 2 aliphatic rings. The number of hydrogen-bond acceptors (Lipinski definition) is 28. The van der Waals surface area contributed by atoms with Gasteiger partial charge in [-0.2, -0.15) is 25.5 Å². The van der Waals surface area contributed by atoms with Crippen LogP contribution in [-0.2, 0) is 77.2 Å². The Balaban J connectivity index is 0.000000428. The summed E-state index contributed by atoms with van der Waals surface area (Å²) in [6.45, 7) is 14.8. The Hall–Kier alpha value is -8.36. The number of esters is 4. The van der Waals surface area contributed by atoms with Gasteiger partial charge in [-0.05, 0) is 127 Å². The first-order valence-corrected chi connectivity index (χ1v) is 32.4. The zero-order valence-electron chi connectivity index (χ0n) is 60.3. The normalized spacial score (nSPS) is 10.8. The van der Waals surface area contributed by atoms with Crippen molar-refractivity contribution in [3.8, 4) is 0 Å². The summed E-state index contributed by atoms with van der Waals surface area (Å²) in [5, 5.41) is 47.2. The average Bonchev–Trinajstić information content (AvgIpc) is 1.69. The molecule has 0 atom stereocenters. The number of aldehydes is 1. The predicted octanol–water partition coefficient (Wildman–Crippen LogP) is 0.376. The molecule has 37 heteroatoms. The number of ether oxygens (including phenoxy) is 4. The van der Waals surface area contributed by atoms with Crippen LogP contribution in [0.3, 0.4) is 0 Å². The van der Waals surface area contributed by atoms with Crippen LogP contribution < -0.4 is 159 Å². The maximum absolute atomic E-state index is 11.6. The Labute approximate surface area is 727 Å². The molecule has 546 valence electrons. The second-order valence-corrected chi connectivity index (χ2v) is 21.5. The summed E-state index contributed by atoms with van der Waals surface area (Å²) in [5.41, 5.74) is 13.5. The predicted molar refractivity (Wildman–Crippen MR) is 372 cm³/mol. The van der Waals surface area contributed by atoms with Gasteiger partial charge in [0.2, 0.25) is 0 Å². The third-order valence-electron chi connectivity index (χ3n) is 13.3. The molecule has 10 aromatic rings. The molecule has 0 aromatic carbocycles. The number of ketones is 2. The number of nitrogen functional groups attached to an aromatic ring is 1. The van der Waals surface area contributed by atoms with E-state index in [0.717, 1.165) is 72.9 Å². The number of Topliss-reactive ketones (excluding diaryl/α,β-unsaturated/α-hetero) is 2. The van der Waals surface area contributed by atoms with Gasteiger partial charge in [-0.3, -0.25) is 43.0 Å². The number of nitrogens with zero attached hydrogens (tertiary/aromatic N) is 14. The quantitative estimate of drug-likeness (QED) is 0.0172. The second kappa shape index (κ2) is 51.0. The van der Waals surface area contributed by atoms with E-state index in [1.54, 1.807) is 78.7 Å². The van der Waals surface area contributed by atoms with Gasteiger partial charge in [-0.15, -0.1) is 11.6 Å². The third-order valence-corrected chi connectivity index (χ3v) is 13.7. The second-order valence-electron chi connectivity index (χ2n) is 21.2. The van der Waals surface area contributed by atoms with Crippen molar-refractivity contribution in [3.05, 3.63) is 197 Å². The largest absolute Gasteiger partial charge is 1.00 e. The summed E-state index contributed by atoms with van der Waals surface area (Å²) in [6.07, 6.45) is 23.4. The minimum Gasteiger partial charge on any atom is -1.00 e. The van der Waals surface area contributed by atoms with Crippen molar-refractivity contribution in [1.82, 2.24) is 74.2 Å². The van der Waals surface area contributed by atoms with Gasteiger partial charge in [0.15, 0.2) is 17.7 Å². The number of carbonyl (C=O) groups excluding carboxylic acids is 8. The molecule has 12 heterocycles. The summed E-state index contributed by atoms with van der Waals surface area (Å²) in [7, 11) is 0. The number of carboxylic acids is 1. The molecule has 0 spiro atoms. The van der Waals surface area contributed by atoms with Crippen molar-refractivity contribution in [2.75, 3.05) is 61.8 Å². The standard InChI is InChI=1S/C15H18N4O2.C15H14N4O2.C13H14N4O2.C9H12N2O3.C6H8N2O2.C6H6N2O.C3H5ClO.CH2O3.2Cs.H/c2*1-2-21-15(20)12-8-17-19(9-12)10-13-6-5-11-4-3-7-16-14(11)18-13;18-13(19)10-6-15-17(7-10)8-11-4-3-9-2-1-5-14-12(9)16-11;1-3-14-9(13)8-4-10-11(6-8)5-7(2)12;1-2-10-6(9)5-3-7-8-4-5;7-6-5(4-9)2-1-3-8-6;1-3(5)2-4;2-1-4-3;;;/h5-6,8-9H,2-4,7,10H2,1H3,(H,16,18);3-9H,2,10H2,1H3;3-4,6-7H,1-2,5,8H2,(H,14,16)(H,18,19);4,6H,3,5H2,1-2H3;3-4H,2H2,1H3,(H,7,8);1-4H,(H2,7,8);2H2,1H3;1,3H;;;/q;;;;;;;;2*+1;-1/p-1. The molecule has 10 aromatic heterocycles. The number of aromatic amines is 1. The Bertz CT molecular complexity index is 4370. The number of anilines is 3. The molecule has 105 heavy (non-hydrogen) atoms. The Morgan fingerprint density at radius 3 is 1.40 bits per heavy atom. The SMILES string of the molecule is CC(=O)CCl.CCOC(=O)c1cn[nH]c1.CCOC(=O)c1cnn(CC(C)=O)c1.CCOC(=O)c1cnn(Cc2ccc3c(n2)NCCC3)c1.CCOC(=O)c1cnn(Cc2ccc3cccnc3n2)c1.Nc1ncccc1C=O.O=C(O)c1cnn(Cc2ccc3c(n2)NCCC3)c1.O=CO[O-].[Cs+].[Cs+].[H-]. The van der Waals surface area contributed by atoms with E-state index in [1.807, 2.05) is 36.4 Å². The number of hydrogen-bond donors (Lipinski definition) is 5. The van der Waals surface area contributed by atoms with E-state index in [-0.39, 0.29) is 199 Å². The molecule has 0 fully saturated rings. The van der Waals surface area contributed by atoms with E-state index in [4.69, 9.17) is 46.7 Å². The van der Waals surface area contributed by atoms with E-state index in [2.05, 4.69) is 87.9 Å². The summed E-state index contributed by atoms with van der Waals surface area (Å²) in [6, 6.07) is 19.2. The molecule has 0 saturated heterocycles. The number of aryl methyl sites for hydroxylation is 2. The number of aromatic carboxylic acids is 1. The number of fused-ring (bicyclic) bond motifs is 3. The number of H-pyrrole nitrogens is 1. The number of pyridine rings is 5. The van der Waals surface area contributed by atoms with Gasteiger partial charge in [-0.25, -0.2) is 48.9 Å². The van der Waals surface area contributed by atoms with Crippen LogP contribution in [0, 0.1) is 0 Å². The van der Waals surface area contributed by atoms with Crippen LogP contribution in [0.1, 0.15) is 146 Å². The van der Waals surface area contributed by atoms with Crippen LogP contribution in [-0.4, -0.2) is 179 Å². The van der Waals surface area contributed by atoms with Crippen molar-refractivity contribution < 1.29 is 217 Å². The molecule has 6 N–H and O–H groups in total. The molecule has 0 amide bonds. The fraction of sp³-hybridized carbons (Fsp3) is 0.309. The van der Waals surface area contributed by atoms with Crippen molar-refractivity contribution in [2.45, 2.75) is 93.4 Å². The van der Waals surface area contributed by atoms with Crippen LogP contribution >= 0.6 is 11.6 Å². The van der Waals surface area contributed by atoms with Crippen molar-refractivity contribution >= 4 is 94.3 Å². The number of aromatic nitrogens is 15. The van der Waals surface area contributed by atoms with E-state index < -0.39 is 11.9 Å². The Kier molecular flexibility index (Phi) is 44.1. The number of rotatable bonds is 20. The van der Waals surface area contributed by atoms with Crippen LogP contribution in [0.4, 0.5) is 17.5 Å². The van der Waals surface area contributed by atoms with Crippen molar-refractivity contribution in [2.24, 2.45) is 0 Å². The van der Waals surface area contributed by atoms with Crippen LogP contribution in [0.5, 0.6) is 0 Å². The molecule has 2 aliphatic heterocycles. The molecule has 0 radical (unpaired) electrons. The first-order chi connectivity index (χ1) is 49.7. The van der Waals surface area contributed by atoms with Gasteiger partial charge in [0, 0.05) is 61.9 Å². The average molecular weight is 1710 g/mol. The van der Waals surface area contributed by atoms with Crippen LogP contribution in [0.15, 0.2) is 135 Å². The van der Waals surface area contributed by atoms with E-state index in [9.17, 15) is 38.4 Å². The number of halogens is 1. The Morgan fingerprint density at radius 1 is 0.581 bits per heavy atom. The fourth-order valence-corrected chi connectivity index (χ4v) is 8.70. The maximum Gasteiger partial charge on any atom is 1.00 e. The van der Waals surface area contributed by atoms with Gasteiger partial charge < -0.3 is 52.0 Å². The smallest absolute Gasteiger partial charge is 1.00 e. The molecular weight excluding hydrogens is 1630 g/mol. The topological polar surface area (TPSA) is 458 Å². The van der Waals surface area contributed by atoms with E-state index >= 15 is 0 Å². The number of nitrogens with one attached hydrogen (secondary N) is 3. The maximum atomic E-state index is 11.6. The number of nitrogens with two attached hydrogens (primary N) is 1. The minimum atomic E-state index is -0.966. The zero-order valence-corrected chi connectivity index (χ0v) is 72.6. The van der Waals surface area contributed by atoms with Gasteiger partial charge in [0.25, 0.3) is 6.47 Å². The number of alkyl halides is 1. The van der Waals surface area contributed by atoms with E-state index in [1.165, 1.54) is 79.2 Å². The molecule has 0 bridgehead atoms. The molecule has 0 saturated carbocycles. The van der Waals surface area contributed by atoms with Crippen molar-refractivity contribution in [3.63, 3.8) is 0 Å². The first-order valence-electron chi connectivity index (χ1n) is 31.8. The fourth-order valence-electron chi connectivity index (χ4n) is 8.70. The third kappa shape index (κ3) is 33.3. The van der Waals surface area contributed by atoms with Crippen molar-refractivity contribution in [1.29, 1.82) is 0 Å². The summed E-state index contributed by atoms with van der Waals surface area (Å²) in [4.78, 5) is 119.